The van der Waals surface area contributed by atoms with Crippen LogP contribution in [-0.2, 0) is 9.59 Å². The molecule has 1 saturated heterocycles. The fourth-order valence-electron chi connectivity index (χ4n) is 4.48. The molecule has 174 valence electrons. The van der Waals surface area contributed by atoms with Crippen molar-refractivity contribution in [2.75, 3.05) is 16.8 Å². The van der Waals surface area contributed by atoms with Gasteiger partial charge in [0.2, 0.25) is 5.91 Å². The van der Waals surface area contributed by atoms with Gasteiger partial charge in [-0.05, 0) is 61.7 Å². The average molecular weight is 454 g/mol. The number of imide groups is 1. The zero-order valence-electron chi connectivity index (χ0n) is 18.6. The Kier molecular flexibility index (Phi) is 6.91. The molecule has 1 aliphatic heterocycles. The Balaban J connectivity index is 1.50. The molecule has 1 atom stereocenters. The number of amides is 4. The lowest BCUT2D eigenvalue weighted by Crippen LogP contribution is -2.43. The fourth-order valence-corrected chi connectivity index (χ4v) is 4.48. The monoisotopic (exact) mass is 453 g/mol. The number of nitrogens with zero attached hydrogens (tertiary/aromatic N) is 2. The van der Waals surface area contributed by atoms with Gasteiger partial charge in [0.25, 0.3) is 5.91 Å². The Morgan fingerprint density at radius 1 is 1.12 bits per heavy atom. The molecule has 2 aliphatic rings. The van der Waals surface area contributed by atoms with E-state index in [4.69, 9.17) is 4.74 Å². The molecule has 4 amide bonds. The molecule has 1 aliphatic carbocycles. The minimum Gasteiger partial charge on any atom is -0.494 e. The zero-order chi connectivity index (χ0) is 23.4. The molecule has 1 heterocycles. The lowest BCUT2D eigenvalue weighted by atomic mass is 10.1. The first-order chi connectivity index (χ1) is 16.0. The Bertz CT molecular complexity index is 1020. The number of carbonyl (C=O) groups is 3. The number of benzene rings is 2. The third-order valence-electron chi connectivity index (χ3n) is 6.03. The van der Waals surface area contributed by atoms with Gasteiger partial charge in [0.1, 0.15) is 17.6 Å². The Morgan fingerprint density at radius 3 is 2.52 bits per heavy atom. The summed E-state index contributed by atoms with van der Waals surface area (Å²) in [4.78, 5) is 41.9. The predicted octanol–water partition coefficient (Wildman–Crippen LogP) is 4.72. The molecule has 1 saturated carbocycles. The topological polar surface area (TPSA) is 79.0 Å². The van der Waals surface area contributed by atoms with Crippen molar-refractivity contribution in [1.29, 1.82) is 0 Å². The van der Waals surface area contributed by atoms with Crippen molar-refractivity contribution in [3.8, 4) is 5.75 Å². The maximum atomic E-state index is 13.8. The Hall–Kier alpha value is -3.42. The van der Waals surface area contributed by atoms with E-state index >= 15 is 0 Å². The Labute approximate surface area is 192 Å². The first-order valence-electron chi connectivity index (χ1n) is 11.4. The molecule has 8 heteroatoms. The molecule has 7 nitrogen and oxygen atoms in total. The van der Waals surface area contributed by atoms with Gasteiger partial charge in [0, 0.05) is 11.7 Å². The molecule has 33 heavy (non-hydrogen) atoms. The summed E-state index contributed by atoms with van der Waals surface area (Å²) in [6, 6.07) is 10.9. The summed E-state index contributed by atoms with van der Waals surface area (Å²) in [6.45, 7) is 2.64. The van der Waals surface area contributed by atoms with Gasteiger partial charge in [0.05, 0.1) is 18.7 Å². The number of nitrogens with one attached hydrogen (secondary N) is 1. The van der Waals surface area contributed by atoms with Gasteiger partial charge in [-0.1, -0.05) is 25.8 Å². The van der Waals surface area contributed by atoms with Crippen molar-refractivity contribution in [2.45, 2.75) is 57.5 Å². The largest absolute Gasteiger partial charge is 0.494 e. The van der Waals surface area contributed by atoms with Crippen LogP contribution < -0.4 is 15.0 Å². The van der Waals surface area contributed by atoms with Gasteiger partial charge in [-0.3, -0.25) is 9.59 Å². The normalized spacial score (nSPS) is 18.8. The molecule has 0 aromatic heterocycles. The van der Waals surface area contributed by atoms with Crippen LogP contribution in [0.1, 0.15) is 45.4 Å². The van der Waals surface area contributed by atoms with E-state index in [9.17, 15) is 18.8 Å². The van der Waals surface area contributed by atoms with Gasteiger partial charge in [-0.15, -0.1) is 0 Å². The second-order valence-electron chi connectivity index (χ2n) is 8.42. The Morgan fingerprint density at radius 2 is 1.85 bits per heavy atom. The number of carbonyl (C=O) groups excluding carboxylic acids is 3. The molecule has 0 radical (unpaired) electrons. The van der Waals surface area contributed by atoms with E-state index in [1.165, 1.54) is 23.1 Å². The molecule has 0 bridgehead atoms. The van der Waals surface area contributed by atoms with Crippen LogP contribution in [0.4, 0.5) is 20.6 Å². The van der Waals surface area contributed by atoms with Crippen LogP contribution in [-0.4, -0.2) is 41.4 Å². The highest BCUT2D eigenvalue weighted by atomic mass is 19.1. The molecular formula is C25H28FN3O4. The van der Waals surface area contributed by atoms with E-state index in [0.29, 0.717) is 18.0 Å². The minimum absolute atomic E-state index is 0.104. The number of halogens is 1. The van der Waals surface area contributed by atoms with E-state index in [-0.39, 0.29) is 24.1 Å². The number of hydrogen-bond acceptors (Lipinski definition) is 4. The first kappa shape index (κ1) is 22.8. The van der Waals surface area contributed by atoms with E-state index < -0.39 is 23.8 Å². The molecule has 1 N–H and O–H groups in total. The van der Waals surface area contributed by atoms with Crippen molar-refractivity contribution in [2.24, 2.45) is 0 Å². The van der Waals surface area contributed by atoms with Gasteiger partial charge in [-0.25, -0.2) is 14.1 Å². The first-order valence-corrected chi connectivity index (χ1v) is 11.4. The fraction of sp³-hybridized carbons (Fsp3) is 0.400. The number of ether oxygens (including phenoxy) is 1. The van der Waals surface area contributed by atoms with Crippen LogP contribution in [0.25, 0.3) is 0 Å². The zero-order valence-corrected chi connectivity index (χ0v) is 18.6. The van der Waals surface area contributed by atoms with Crippen LogP contribution in [0.15, 0.2) is 48.5 Å². The van der Waals surface area contributed by atoms with Crippen LogP contribution in [0.2, 0.25) is 0 Å². The maximum absolute atomic E-state index is 13.8. The van der Waals surface area contributed by atoms with Gasteiger partial charge in [-0.2, -0.15) is 0 Å². The summed E-state index contributed by atoms with van der Waals surface area (Å²) in [6.07, 6.45) is 4.24. The van der Waals surface area contributed by atoms with Gasteiger partial charge < -0.3 is 15.0 Å². The van der Waals surface area contributed by atoms with Crippen LogP contribution in [0.3, 0.4) is 0 Å². The smallest absolute Gasteiger partial charge is 0.332 e. The van der Waals surface area contributed by atoms with Gasteiger partial charge in [0.15, 0.2) is 0 Å². The predicted molar refractivity (Wildman–Crippen MR) is 123 cm³/mol. The molecular weight excluding hydrogens is 425 g/mol. The van der Waals surface area contributed by atoms with Crippen molar-refractivity contribution >= 4 is 29.2 Å². The highest BCUT2D eigenvalue weighted by Crippen LogP contribution is 2.34. The summed E-state index contributed by atoms with van der Waals surface area (Å²) in [5.74, 6) is -0.693. The van der Waals surface area contributed by atoms with Crippen LogP contribution in [0.5, 0.6) is 5.75 Å². The van der Waals surface area contributed by atoms with Crippen molar-refractivity contribution in [1.82, 2.24) is 4.90 Å². The number of urea groups is 1. The summed E-state index contributed by atoms with van der Waals surface area (Å²) >= 11 is 0. The molecule has 0 unspecified atom stereocenters. The molecule has 0 spiro atoms. The van der Waals surface area contributed by atoms with Crippen molar-refractivity contribution in [3.63, 3.8) is 0 Å². The maximum Gasteiger partial charge on any atom is 0.332 e. The van der Waals surface area contributed by atoms with E-state index in [1.54, 1.807) is 24.3 Å². The third-order valence-corrected chi connectivity index (χ3v) is 6.03. The SMILES string of the molecule is CCCOc1ccc(NC(=O)C[C@@H]2C(=O)N(c3cccc(F)c3)C(=O)N2C2CCCC2)cc1. The lowest BCUT2D eigenvalue weighted by molar-refractivity contribution is -0.124. The number of anilines is 2. The second-order valence-corrected chi connectivity index (χ2v) is 8.42. The summed E-state index contributed by atoms with van der Waals surface area (Å²) in [5.41, 5.74) is 0.758. The standard InChI is InChI=1S/C25H28FN3O4/c1-2-14-33-21-12-10-18(11-13-21)27-23(30)16-22-24(31)29(20-9-5-6-17(26)15-20)25(32)28(22)19-7-3-4-8-19/h5-6,9-13,15,19,22H,2-4,7-8,14,16H2,1H3,(H,27,30)/t22-/m1/s1. The second kappa shape index (κ2) is 10.0. The van der Waals surface area contributed by atoms with Gasteiger partial charge >= 0.3 is 6.03 Å². The molecule has 4 rings (SSSR count). The third kappa shape index (κ3) is 4.99. The quantitative estimate of drug-likeness (QED) is 0.587. The summed E-state index contributed by atoms with van der Waals surface area (Å²) in [5, 5.41) is 2.80. The van der Waals surface area contributed by atoms with Crippen molar-refractivity contribution < 1.29 is 23.5 Å². The summed E-state index contributed by atoms with van der Waals surface area (Å²) < 4.78 is 19.3. The number of rotatable bonds is 8. The van der Waals surface area contributed by atoms with Crippen LogP contribution >= 0.6 is 0 Å². The average Bonchev–Trinajstić information content (AvgIpc) is 3.40. The van der Waals surface area contributed by atoms with Crippen LogP contribution in [0, 0.1) is 5.82 Å². The lowest BCUT2D eigenvalue weighted by Gasteiger charge is -2.27. The highest BCUT2D eigenvalue weighted by molar-refractivity contribution is 6.22. The molecule has 2 fully saturated rings. The van der Waals surface area contributed by atoms with E-state index in [1.807, 2.05) is 6.92 Å². The summed E-state index contributed by atoms with van der Waals surface area (Å²) in [7, 11) is 0. The molecule has 2 aromatic rings. The minimum atomic E-state index is -0.920. The van der Waals surface area contributed by atoms with E-state index in [2.05, 4.69) is 5.32 Å². The van der Waals surface area contributed by atoms with Crippen molar-refractivity contribution in [3.05, 3.63) is 54.3 Å². The molecule has 2 aromatic carbocycles. The highest BCUT2D eigenvalue weighted by Gasteiger charge is 2.49. The van der Waals surface area contributed by atoms with E-state index in [0.717, 1.165) is 43.1 Å². The number of hydrogen-bond donors (Lipinski definition) is 1.